The van der Waals surface area contributed by atoms with Crippen LogP contribution in [0.3, 0.4) is 0 Å². The van der Waals surface area contributed by atoms with Crippen molar-refractivity contribution in [2.75, 3.05) is 19.6 Å². The molecule has 0 amide bonds. The molecule has 0 heterocycles. The highest BCUT2D eigenvalue weighted by Gasteiger charge is 2.35. The minimum absolute atomic E-state index is 0.302. The zero-order valence-corrected chi connectivity index (χ0v) is 13.1. The lowest BCUT2D eigenvalue weighted by atomic mass is 9.86. The van der Waals surface area contributed by atoms with Gasteiger partial charge >= 0.3 is 0 Å². The van der Waals surface area contributed by atoms with E-state index in [1.54, 1.807) is 0 Å². The zero-order chi connectivity index (χ0) is 13.6. The van der Waals surface area contributed by atoms with E-state index in [1.807, 2.05) is 0 Å². The number of likely N-dealkylation sites (N-methyl/N-ethyl adjacent to an activating group) is 1. The predicted octanol–water partition coefficient (Wildman–Crippen LogP) is 3.80. The van der Waals surface area contributed by atoms with Crippen LogP contribution >= 0.6 is 0 Å². The van der Waals surface area contributed by atoms with Crippen LogP contribution in [0.4, 0.5) is 0 Å². The van der Waals surface area contributed by atoms with Crippen LogP contribution in [0.1, 0.15) is 72.6 Å². The van der Waals surface area contributed by atoms with E-state index in [9.17, 15) is 0 Å². The van der Waals surface area contributed by atoms with Crippen molar-refractivity contribution in [1.29, 1.82) is 0 Å². The van der Waals surface area contributed by atoms with Gasteiger partial charge in [0, 0.05) is 12.1 Å². The molecule has 0 aromatic carbocycles. The summed E-state index contributed by atoms with van der Waals surface area (Å²) in [5, 5.41) is 0. The highest BCUT2D eigenvalue weighted by molar-refractivity contribution is 4.93. The summed E-state index contributed by atoms with van der Waals surface area (Å²) >= 11 is 0. The van der Waals surface area contributed by atoms with Crippen LogP contribution in [-0.4, -0.2) is 30.1 Å². The van der Waals surface area contributed by atoms with Gasteiger partial charge in [-0.3, -0.25) is 4.90 Å². The van der Waals surface area contributed by atoms with Crippen molar-refractivity contribution >= 4 is 0 Å². The Bertz CT molecular complexity index is 222. The maximum atomic E-state index is 6.18. The van der Waals surface area contributed by atoms with Crippen LogP contribution in [0.25, 0.3) is 0 Å². The molecule has 0 aromatic heterocycles. The van der Waals surface area contributed by atoms with Gasteiger partial charge in [0.2, 0.25) is 0 Å². The van der Waals surface area contributed by atoms with Crippen LogP contribution in [0.15, 0.2) is 0 Å². The second-order valence-corrected chi connectivity index (χ2v) is 7.23. The van der Waals surface area contributed by atoms with Crippen LogP contribution in [0, 0.1) is 5.41 Å². The van der Waals surface area contributed by atoms with Gasteiger partial charge in [-0.25, -0.2) is 0 Å². The molecule has 0 aliphatic heterocycles. The summed E-state index contributed by atoms with van der Waals surface area (Å²) in [4.78, 5) is 2.68. The summed E-state index contributed by atoms with van der Waals surface area (Å²) in [7, 11) is 0. The molecule has 1 aliphatic rings. The SMILES string of the molecule is CCN(CCC(C)(C)C)C1(CN)CCCCCC1. The number of nitrogens with zero attached hydrogens (tertiary/aromatic N) is 1. The third kappa shape index (κ3) is 4.55. The molecule has 0 spiro atoms. The fraction of sp³-hybridized carbons (Fsp3) is 1.00. The molecule has 0 aromatic rings. The van der Waals surface area contributed by atoms with Crippen molar-refractivity contribution in [1.82, 2.24) is 4.90 Å². The Morgan fingerprint density at radius 2 is 1.61 bits per heavy atom. The lowest BCUT2D eigenvalue weighted by molar-refractivity contribution is 0.0717. The first-order valence-corrected chi connectivity index (χ1v) is 7.89. The second kappa shape index (κ2) is 6.91. The predicted molar refractivity (Wildman–Crippen MR) is 80.8 cm³/mol. The van der Waals surface area contributed by atoms with Crippen molar-refractivity contribution in [2.24, 2.45) is 11.1 Å². The number of nitrogens with two attached hydrogens (primary N) is 1. The van der Waals surface area contributed by atoms with E-state index in [-0.39, 0.29) is 0 Å². The van der Waals surface area contributed by atoms with Crippen LogP contribution in [-0.2, 0) is 0 Å². The first kappa shape index (κ1) is 16.0. The van der Waals surface area contributed by atoms with E-state index in [1.165, 1.54) is 51.5 Å². The Kier molecular flexibility index (Phi) is 6.13. The maximum Gasteiger partial charge on any atom is 0.0331 e. The molecule has 2 nitrogen and oxygen atoms in total. The Morgan fingerprint density at radius 1 is 1.06 bits per heavy atom. The van der Waals surface area contributed by atoms with Crippen LogP contribution in [0.5, 0.6) is 0 Å². The van der Waals surface area contributed by atoms with Gasteiger partial charge in [0.15, 0.2) is 0 Å². The smallest absolute Gasteiger partial charge is 0.0331 e. The molecule has 1 saturated carbocycles. The molecular formula is C16H34N2. The van der Waals surface area contributed by atoms with E-state index in [0.717, 1.165) is 13.1 Å². The molecule has 0 unspecified atom stereocenters. The van der Waals surface area contributed by atoms with Gasteiger partial charge in [0.25, 0.3) is 0 Å². The van der Waals surface area contributed by atoms with Crippen molar-refractivity contribution in [3.05, 3.63) is 0 Å². The molecule has 0 atom stereocenters. The molecule has 1 rings (SSSR count). The molecule has 0 radical (unpaired) electrons. The molecule has 2 N–H and O–H groups in total. The topological polar surface area (TPSA) is 29.3 Å². The van der Waals surface area contributed by atoms with Gasteiger partial charge < -0.3 is 5.73 Å². The Morgan fingerprint density at radius 3 is 2.00 bits per heavy atom. The third-order valence-corrected chi connectivity index (χ3v) is 4.60. The first-order chi connectivity index (χ1) is 8.43. The van der Waals surface area contributed by atoms with E-state index in [0.29, 0.717) is 11.0 Å². The summed E-state index contributed by atoms with van der Waals surface area (Å²) in [6, 6.07) is 0. The van der Waals surface area contributed by atoms with Gasteiger partial charge in [-0.05, 0) is 37.8 Å². The van der Waals surface area contributed by atoms with Gasteiger partial charge in [-0.15, -0.1) is 0 Å². The molecule has 0 saturated heterocycles. The minimum Gasteiger partial charge on any atom is -0.329 e. The lowest BCUT2D eigenvalue weighted by Gasteiger charge is -2.44. The van der Waals surface area contributed by atoms with Crippen molar-refractivity contribution in [3.8, 4) is 0 Å². The van der Waals surface area contributed by atoms with E-state index >= 15 is 0 Å². The fourth-order valence-corrected chi connectivity index (χ4v) is 3.24. The Hall–Kier alpha value is -0.0800. The number of hydrogen-bond acceptors (Lipinski definition) is 2. The summed E-state index contributed by atoms with van der Waals surface area (Å²) in [6.07, 6.45) is 9.41. The van der Waals surface area contributed by atoms with Gasteiger partial charge in [-0.2, -0.15) is 0 Å². The quantitative estimate of drug-likeness (QED) is 0.756. The van der Waals surface area contributed by atoms with Crippen molar-refractivity contribution in [2.45, 2.75) is 78.2 Å². The summed E-state index contributed by atoms with van der Waals surface area (Å²) < 4.78 is 0. The van der Waals surface area contributed by atoms with E-state index in [4.69, 9.17) is 5.73 Å². The fourth-order valence-electron chi connectivity index (χ4n) is 3.24. The molecule has 1 fully saturated rings. The lowest BCUT2D eigenvalue weighted by Crippen LogP contribution is -2.54. The zero-order valence-electron chi connectivity index (χ0n) is 13.1. The molecule has 1 aliphatic carbocycles. The normalized spacial score (nSPS) is 21.0. The van der Waals surface area contributed by atoms with Crippen molar-refractivity contribution in [3.63, 3.8) is 0 Å². The third-order valence-electron chi connectivity index (χ3n) is 4.60. The Balaban J connectivity index is 2.68. The average molecular weight is 254 g/mol. The summed E-state index contributed by atoms with van der Waals surface area (Å²) in [5.41, 5.74) is 6.91. The van der Waals surface area contributed by atoms with Gasteiger partial charge in [0.05, 0.1) is 0 Å². The summed E-state index contributed by atoms with van der Waals surface area (Å²) in [6.45, 7) is 12.5. The minimum atomic E-state index is 0.302. The maximum absolute atomic E-state index is 6.18. The monoisotopic (exact) mass is 254 g/mol. The van der Waals surface area contributed by atoms with Crippen molar-refractivity contribution < 1.29 is 0 Å². The summed E-state index contributed by atoms with van der Waals surface area (Å²) in [5.74, 6) is 0. The second-order valence-electron chi connectivity index (χ2n) is 7.23. The molecule has 2 heteroatoms. The van der Waals surface area contributed by atoms with Crippen LogP contribution in [0.2, 0.25) is 0 Å². The molecular weight excluding hydrogens is 220 g/mol. The highest BCUT2D eigenvalue weighted by Crippen LogP contribution is 2.33. The molecule has 0 bridgehead atoms. The number of hydrogen-bond donors (Lipinski definition) is 1. The van der Waals surface area contributed by atoms with E-state index in [2.05, 4.69) is 32.6 Å². The highest BCUT2D eigenvalue weighted by atomic mass is 15.2. The van der Waals surface area contributed by atoms with Gasteiger partial charge in [0.1, 0.15) is 0 Å². The average Bonchev–Trinajstić information content (AvgIpc) is 2.55. The van der Waals surface area contributed by atoms with Gasteiger partial charge in [-0.1, -0.05) is 53.4 Å². The first-order valence-electron chi connectivity index (χ1n) is 7.89. The molecule has 18 heavy (non-hydrogen) atoms. The number of rotatable bonds is 5. The largest absolute Gasteiger partial charge is 0.329 e. The molecule has 108 valence electrons. The van der Waals surface area contributed by atoms with Crippen LogP contribution < -0.4 is 5.73 Å². The van der Waals surface area contributed by atoms with E-state index < -0.39 is 0 Å². The standard InChI is InChI=1S/C16H34N2/c1-5-18(13-12-15(2,3)4)16(14-17)10-8-6-7-9-11-16/h5-14,17H2,1-4H3. The Labute approximate surface area is 114 Å².